The fourth-order valence-electron chi connectivity index (χ4n) is 8.52. The van der Waals surface area contributed by atoms with Gasteiger partial charge in [-0.1, -0.05) is 129 Å². The van der Waals surface area contributed by atoms with Crippen molar-refractivity contribution in [3.63, 3.8) is 0 Å². The van der Waals surface area contributed by atoms with Crippen molar-refractivity contribution in [2.45, 2.75) is 19.3 Å². The monoisotopic (exact) mass is 653 g/mol. The molecule has 9 aromatic rings. The van der Waals surface area contributed by atoms with Crippen molar-refractivity contribution >= 4 is 66.6 Å². The van der Waals surface area contributed by atoms with Gasteiger partial charge in [0.25, 0.3) is 0 Å². The maximum Gasteiger partial charge on any atom is 0.137 e. The van der Waals surface area contributed by atoms with E-state index in [2.05, 4.69) is 187 Å². The van der Waals surface area contributed by atoms with Crippen LogP contribution in [0.3, 0.4) is 0 Å². The van der Waals surface area contributed by atoms with Gasteiger partial charge in [0.05, 0.1) is 17.1 Å². The Morgan fingerprint density at radius 1 is 0.431 bits per heavy atom. The zero-order valence-corrected chi connectivity index (χ0v) is 28.6. The summed E-state index contributed by atoms with van der Waals surface area (Å²) in [4.78, 5) is 9.57. The van der Waals surface area contributed by atoms with Crippen LogP contribution in [-0.2, 0) is 5.41 Å². The van der Waals surface area contributed by atoms with Crippen LogP contribution in [0.4, 0.5) is 34.3 Å². The van der Waals surface area contributed by atoms with E-state index < -0.39 is 0 Å². The number of para-hydroxylation sites is 2. The molecule has 0 radical (unpaired) electrons. The van der Waals surface area contributed by atoms with Crippen LogP contribution in [0, 0.1) is 0 Å². The van der Waals surface area contributed by atoms with Crippen LogP contribution < -0.4 is 9.80 Å². The number of pyridine rings is 1. The molecule has 1 heterocycles. The molecule has 10 rings (SSSR count). The van der Waals surface area contributed by atoms with E-state index in [0.717, 1.165) is 28.6 Å². The number of rotatable bonds is 6. The lowest BCUT2D eigenvalue weighted by Gasteiger charge is -2.30. The Kier molecular flexibility index (Phi) is 6.53. The van der Waals surface area contributed by atoms with Gasteiger partial charge in [-0.15, -0.1) is 0 Å². The number of aromatic nitrogens is 1. The zero-order valence-electron chi connectivity index (χ0n) is 28.6. The third-order valence-electron chi connectivity index (χ3n) is 10.8. The second-order valence-electron chi connectivity index (χ2n) is 14.0. The molecule has 3 heteroatoms. The van der Waals surface area contributed by atoms with Crippen molar-refractivity contribution in [3.8, 4) is 11.1 Å². The quantitative estimate of drug-likeness (QED) is 0.167. The molecule has 1 aliphatic rings. The standard InChI is InChI=1S/C48H35N3/c1-48(2)39-19-10-9-18-36(39)47-40(48)20-13-21-43(47)50(34-14-5-3-6-15-34)41-29-25-32-24-28-38-42(30-26-33-23-27-37(41)45(32)46(33)38)51(35-16-7-4-8-17-35)44-22-11-12-31-49-44/h3-31H,1-2H3. The predicted octanol–water partition coefficient (Wildman–Crippen LogP) is 13.2. The normalized spacial score (nSPS) is 13.1. The van der Waals surface area contributed by atoms with Crippen molar-refractivity contribution in [2.75, 3.05) is 9.80 Å². The van der Waals surface area contributed by atoms with Gasteiger partial charge in [-0.3, -0.25) is 4.90 Å². The Morgan fingerprint density at radius 3 is 1.63 bits per heavy atom. The van der Waals surface area contributed by atoms with E-state index in [4.69, 9.17) is 4.98 Å². The molecule has 8 aromatic carbocycles. The van der Waals surface area contributed by atoms with E-state index in [1.54, 1.807) is 0 Å². The summed E-state index contributed by atoms with van der Waals surface area (Å²) in [6.45, 7) is 4.71. The van der Waals surface area contributed by atoms with Gasteiger partial charge < -0.3 is 4.90 Å². The Hall–Kier alpha value is -6.45. The molecule has 1 aliphatic carbocycles. The Morgan fingerprint density at radius 2 is 0.980 bits per heavy atom. The van der Waals surface area contributed by atoms with Gasteiger partial charge in [-0.05, 0) is 92.8 Å². The third kappa shape index (κ3) is 4.41. The Labute approximate surface area is 298 Å². The Bertz CT molecular complexity index is 2680. The maximum atomic E-state index is 4.82. The summed E-state index contributed by atoms with van der Waals surface area (Å²) in [6, 6.07) is 61.6. The summed E-state index contributed by atoms with van der Waals surface area (Å²) in [5.41, 5.74) is 10.9. The number of anilines is 6. The second kappa shape index (κ2) is 11.3. The van der Waals surface area contributed by atoms with Crippen molar-refractivity contribution in [1.82, 2.24) is 4.98 Å². The zero-order chi connectivity index (χ0) is 34.1. The summed E-state index contributed by atoms with van der Waals surface area (Å²) in [7, 11) is 0. The average molecular weight is 654 g/mol. The number of hydrogen-bond donors (Lipinski definition) is 0. The molecule has 0 aliphatic heterocycles. The lowest BCUT2D eigenvalue weighted by Crippen LogP contribution is -2.16. The molecule has 0 saturated heterocycles. The van der Waals surface area contributed by atoms with Crippen LogP contribution in [0.5, 0.6) is 0 Å². The summed E-state index contributed by atoms with van der Waals surface area (Å²) in [5, 5.41) is 7.40. The van der Waals surface area contributed by atoms with Crippen LogP contribution >= 0.6 is 0 Å². The predicted molar refractivity (Wildman–Crippen MR) is 215 cm³/mol. The fourth-order valence-corrected chi connectivity index (χ4v) is 8.52. The van der Waals surface area contributed by atoms with Crippen LogP contribution in [0.2, 0.25) is 0 Å². The molecule has 0 fully saturated rings. The number of benzene rings is 8. The molecule has 0 amide bonds. The van der Waals surface area contributed by atoms with Crippen LogP contribution in [0.1, 0.15) is 25.0 Å². The topological polar surface area (TPSA) is 19.4 Å². The largest absolute Gasteiger partial charge is 0.309 e. The van der Waals surface area contributed by atoms with Crippen molar-refractivity contribution in [3.05, 3.63) is 187 Å². The molecule has 0 bridgehead atoms. The highest BCUT2D eigenvalue weighted by molar-refractivity contribution is 6.28. The minimum Gasteiger partial charge on any atom is -0.309 e. The first-order chi connectivity index (χ1) is 25.1. The van der Waals surface area contributed by atoms with Crippen molar-refractivity contribution in [1.29, 1.82) is 0 Å². The van der Waals surface area contributed by atoms with E-state index in [1.807, 2.05) is 12.3 Å². The molecule has 0 atom stereocenters. The van der Waals surface area contributed by atoms with Crippen LogP contribution in [0.15, 0.2) is 176 Å². The lowest BCUT2D eigenvalue weighted by atomic mass is 9.82. The smallest absolute Gasteiger partial charge is 0.137 e. The van der Waals surface area contributed by atoms with E-state index in [-0.39, 0.29) is 5.41 Å². The highest BCUT2D eigenvalue weighted by Gasteiger charge is 2.38. The fraction of sp³-hybridized carbons (Fsp3) is 0.0625. The first-order valence-electron chi connectivity index (χ1n) is 17.6. The van der Waals surface area contributed by atoms with Gasteiger partial charge in [0.15, 0.2) is 0 Å². The lowest BCUT2D eigenvalue weighted by molar-refractivity contribution is 0.660. The minimum absolute atomic E-state index is 0.0956. The first-order valence-corrected chi connectivity index (χ1v) is 17.6. The summed E-state index contributed by atoms with van der Waals surface area (Å²) < 4.78 is 0. The summed E-state index contributed by atoms with van der Waals surface area (Å²) >= 11 is 0. The molecule has 0 spiro atoms. The molecular weight excluding hydrogens is 619 g/mol. The Balaban J connectivity index is 1.26. The molecule has 0 saturated carbocycles. The van der Waals surface area contributed by atoms with Crippen molar-refractivity contribution in [2.24, 2.45) is 0 Å². The molecule has 242 valence electrons. The number of nitrogens with zero attached hydrogens (tertiary/aromatic N) is 3. The molecule has 1 aromatic heterocycles. The van der Waals surface area contributed by atoms with Gasteiger partial charge >= 0.3 is 0 Å². The van der Waals surface area contributed by atoms with Crippen LogP contribution in [0.25, 0.3) is 43.4 Å². The van der Waals surface area contributed by atoms with E-state index in [0.29, 0.717) is 0 Å². The summed E-state index contributed by atoms with van der Waals surface area (Å²) in [6.07, 6.45) is 1.87. The highest BCUT2D eigenvalue weighted by Crippen LogP contribution is 2.55. The number of hydrogen-bond acceptors (Lipinski definition) is 3. The van der Waals surface area contributed by atoms with Gasteiger partial charge in [0, 0.05) is 39.3 Å². The molecule has 0 N–H and O–H groups in total. The van der Waals surface area contributed by atoms with E-state index >= 15 is 0 Å². The second-order valence-corrected chi connectivity index (χ2v) is 14.0. The molecular formula is C48H35N3. The van der Waals surface area contributed by atoms with Gasteiger partial charge in [0.1, 0.15) is 5.82 Å². The summed E-state index contributed by atoms with van der Waals surface area (Å²) in [5.74, 6) is 0.885. The third-order valence-corrected chi connectivity index (χ3v) is 10.8. The SMILES string of the molecule is CC1(C)c2ccccc2-c2c(N(c3ccccc3)c3ccc4ccc5c(N(c6ccccc6)c6ccccn6)ccc6ccc3c4c65)cccc21. The van der Waals surface area contributed by atoms with Crippen molar-refractivity contribution < 1.29 is 0 Å². The van der Waals surface area contributed by atoms with Gasteiger partial charge in [0.2, 0.25) is 0 Å². The van der Waals surface area contributed by atoms with E-state index in [9.17, 15) is 0 Å². The van der Waals surface area contributed by atoms with Gasteiger partial charge in [-0.25, -0.2) is 4.98 Å². The maximum absolute atomic E-state index is 4.82. The van der Waals surface area contributed by atoms with Crippen LogP contribution in [-0.4, -0.2) is 4.98 Å². The first kappa shape index (κ1) is 29.5. The molecule has 3 nitrogen and oxygen atoms in total. The molecule has 51 heavy (non-hydrogen) atoms. The highest BCUT2D eigenvalue weighted by atomic mass is 15.2. The average Bonchev–Trinajstić information content (AvgIpc) is 3.43. The van der Waals surface area contributed by atoms with Gasteiger partial charge in [-0.2, -0.15) is 0 Å². The molecule has 0 unspecified atom stereocenters. The minimum atomic E-state index is -0.0956. The van der Waals surface area contributed by atoms with E-state index in [1.165, 1.54) is 60.3 Å². The number of fused-ring (bicyclic) bond motifs is 3.